The molecule has 3 rings (SSSR count). The highest BCUT2D eigenvalue weighted by Crippen LogP contribution is 2.29. The molecule has 1 fully saturated rings. The number of rotatable bonds is 8. The van der Waals surface area contributed by atoms with E-state index in [1.54, 1.807) is 11.3 Å². The van der Waals surface area contributed by atoms with Gasteiger partial charge in [-0.3, -0.25) is 14.4 Å². The number of benzene rings is 1. The summed E-state index contributed by atoms with van der Waals surface area (Å²) in [7, 11) is 1.40. The van der Waals surface area contributed by atoms with Crippen molar-refractivity contribution in [3.63, 3.8) is 0 Å². The number of nitrogens with zero attached hydrogens (tertiary/aromatic N) is 2. The van der Waals surface area contributed by atoms with Crippen molar-refractivity contribution in [1.82, 2.24) is 20.5 Å². The fraction of sp³-hybridized carbons (Fsp3) is 0.538. The summed E-state index contributed by atoms with van der Waals surface area (Å²) in [6, 6.07) is 5.93. The van der Waals surface area contributed by atoms with Gasteiger partial charge in [0.15, 0.2) is 0 Å². The molecule has 3 amide bonds. The molecule has 4 unspecified atom stereocenters. The maximum Gasteiger partial charge on any atom is 0.246 e. The molecule has 1 aromatic carbocycles. The molecule has 4 atom stereocenters. The van der Waals surface area contributed by atoms with Crippen molar-refractivity contribution in [2.45, 2.75) is 65.3 Å². The largest absolute Gasteiger partial charge is 0.391 e. The Balaban J connectivity index is 1.72. The molecule has 36 heavy (non-hydrogen) atoms. The van der Waals surface area contributed by atoms with Gasteiger partial charge in [0.05, 0.1) is 28.2 Å². The van der Waals surface area contributed by atoms with E-state index in [2.05, 4.69) is 15.6 Å². The van der Waals surface area contributed by atoms with Crippen molar-refractivity contribution in [2.75, 3.05) is 20.3 Å². The molecule has 1 saturated heterocycles. The molecular weight excluding hydrogens is 480 g/mol. The van der Waals surface area contributed by atoms with E-state index >= 15 is 0 Å². The predicted octanol–water partition coefficient (Wildman–Crippen LogP) is 2.43. The number of aliphatic hydroxyl groups excluding tert-OH is 1. The van der Waals surface area contributed by atoms with Gasteiger partial charge in [-0.1, -0.05) is 45.0 Å². The van der Waals surface area contributed by atoms with Crippen LogP contribution in [-0.4, -0.2) is 71.2 Å². The van der Waals surface area contributed by atoms with Crippen molar-refractivity contribution in [2.24, 2.45) is 5.41 Å². The number of hydrogen-bond donors (Lipinski definition) is 3. The summed E-state index contributed by atoms with van der Waals surface area (Å²) in [6.07, 6.45) is -0.686. The van der Waals surface area contributed by atoms with Gasteiger partial charge >= 0.3 is 0 Å². The normalized spacial score (nSPS) is 19.6. The molecule has 3 N–H and O–H groups in total. The lowest BCUT2D eigenvalue weighted by molar-refractivity contribution is -0.144. The molecule has 2 heterocycles. The highest BCUT2D eigenvalue weighted by atomic mass is 32.1. The Morgan fingerprint density at radius 3 is 2.44 bits per heavy atom. The number of aromatic nitrogens is 1. The number of carbonyl (C=O) groups excluding carboxylic acids is 3. The minimum atomic E-state index is -0.874. The molecule has 0 radical (unpaired) electrons. The summed E-state index contributed by atoms with van der Waals surface area (Å²) >= 11 is 1.58. The van der Waals surface area contributed by atoms with E-state index in [-0.39, 0.29) is 31.5 Å². The van der Waals surface area contributed by atoms with Gasteiger partial charge < -0.3 is 25.4 Å². The number of likely N-dealkylation sites (tertiary alicyclic amines) is 1. The molecule has 0 bridgehead atoms. The number of aryl methyl sites for hydroxylation is 1. The van der Waals surface area contributed by atoms with Crippen LogP contribution in [0, 0.1) is 12.3 Å². The lowest BCUT2D eigenvalue weighted by Gasteiger charge is -2.35. The van der Waals surface area contributed by atoms with Crippen LogP contribution in [0.25, 0.3) is 10.4 Å². The molecule has 1 aliphatic rings. The smallest absolute Gasteiger partial charge is 0.246 e. The lowest BCUT2D eigenvalue weighted by atomic mass is 9.85. The van der Waals surface area contributed by atoms with Gasteiger partial charge in [0.2, 0.25) is 17.7 Å². The molecular formula is C26H36N4O5S. The van der Waals surface area contributed by atoms with Gasteiger partial charge in [0.1, 0.15) is 18.7 Å². The zero-order valence-corrected chi connectivity index (χ0v) is 22.5. The van der Waals surface area contributed by atoms with Crippen molar-refractivity contribution in [1.29, 1.82) is 0 Å². The molecule has 0 spiro atoms. The van der Waals surface area contributed by atoms with Crippen LogP contribution in [-0.2, 0) is 19.1 Å². The average Bonchev–Trinajstić information content (AvgIpc) is 3.42. The van der Waals surface area contributed by atoms with Crippen molar-refractivity contribution in [3.05, 3.63) is 41.0 Å². The number of thiazole rings is 1. The van der Waals surface area contributed by atoms with E-state index in [1.165, 1.54) is 12.0 Å². The zero-order valence-electron chi connectivity index (χ0n) is 21.7. The van der Waals surface area contributed by atoms with E-state index in [9.17, 15) is 19.5 Å². The zero-order chi connectivity index (χ0) is 26.6. The number of nitrogens with one attached hydrogen (secondary N) is 2. The van der Waals surface area contributed by atoms with Crippen LogP contribution in [0.1, 0.15) is 51.4 Å². The quantitative estimate of drug-likeness (QED) is 0.496. The molecule has 10 heteroatoms. The van der Waals surface area contributed by atoms with Crippen LogP contribution in [0.5, 0.6) is 0 Å². The van der Waals surface area contributed by atoms with Gasteiger partial charge in [-0.15, -0.1) is 11.3 Å². The first kappa shape index (κ1) is 27.8. The molecule has 0 aliphatic carbocycles. The van der Waals surface area contributed by atoms with Gasteiger partial charge in [-0.05, 0) is 30.4 Å². The Hall–Kier alpha value is -2.82. The van der Waals surface area contributed by atoms with Gasteiger partial charge in [-0.25, -0.2) is 4.98 Å². The van der Waals surface area contributed by atoms with Crippen molar-refractivity contribution < 1.29 is 24.2 Å². The second kappa shape index (κ2) is 11.5. The number of hydrogen-bond acceptors (Lipinski definition) is 7. The Kier molecular flexibility index (Phi) is 8.86. The molecule has 0 saturated carbocycles. The van der Waals surface area contributed by atoms with E-state index in [0.717, 1.165) is 21.7 Å². The summed E-state index contributed by atoms with van der Waals surface area (Å²) in [4.78, 5) is 45.7. The van der Waals surface area contributed by atoms with Crippen LogP contribution < -0.4 is 10.6 Å². The second-order valence-electron chi connectivity index (χ2n) is 10.3. The topological polar surface area (TPSA) is 121 Å². The second-order valence-corrected chi connectivity index (χ2v) is 11.2. The highest BCUT2D eigenvalue weighted by Gasteiger charge is 2.44. The number of carbonyl (C=O) groups is 3. The summed E-state index contributed by atoms with van der Waals surface area (Å²) in [6.45, 7) is 9.22. The maximum atomic E-state index is 13.5. The van der Waals surface area contributed by atoms with E-state index in [1.807, 2.05) is 64.4 Å². The number of methoxy groups -OCH3 is 1. The molecule has 1 aromatic heterocycles. The Morgan fingerprint density at radius 1 is 1.22 bits per heavy atom. The average molecular weight is 517 g/mol. The van der Waals surface area contributed by atoms with Gasteiger partial charge in [-0.2, -0.15) is 0 Å². The van der Waals surface area contributed by atoms with Gasteiger partial charge in [0, 0.05) is 20.1 Å². The Bertz CT molecular complexity index is 1080. The van der Waals surface area contributed by atoms with Gasteiger partial charge in [0.25, 0.3) is 0 Å². The fourth-order valence-electron chi connectivity index (χ4n) is 4.35. The standard InChI is InChI=1S/C26H36N4O5S/c1-15(17-7-9-18(10-8-17)22-16(2)27-14-36-22)28-24(33)20-11-19(31)12-30(20)25(34)23(26(3,4)5)29-21(32)13-35-6/h7-10,14-15,19-20,23,31H,11-13H2,1-6H3,(H,28,33)(H,29,32). The third-order valence-corrected chi connectivity index (χ3v) is 7.31. The van der Waals surface area contributed by atoms with E-state index in [4.69, 9.17) is 4.74 Å². The van der Waals surface area contributed by atoms with Crippen molar-refractivity contribution >= 4 is 29.1 Å². The lowest BCUT2D eigenvalue weighted by Crippen LogP contribution is -2.58. The van der Waals surface area contributed by atoms with Crippen LogP contribution >= 0.6 is 11.3 Å². The Morgan fingerprint density at radius 2 is 1.89 bits per heavy atom. The van der Waals surface area contributed by atoms with Crippen LogP contribution in [0.3, 0.4) is 0 Å². The number of amides is 3. The summed E-state index contributed by atoms with van der Waals surface area (Å²) in [5.74, 6) is -1.16. The molecule has 9 nitrogen and oxygen atoms in total. The first-order valence-electron chi connectivity index (χ1n) is 12.0. The first-order chi connectivity index (χ1) is 16.9. The Labute approximate surface area is 216 Å². The third kappa shape index (κ3) is 6.48. The number of ether oxygens (including phenoxy) is 1. The maximum absolute atomic E-state index is 13.5. The highest BCUT2D eigenvalue weighted by molar-refractivity contribution is 7.13. The molecule has 196 valence electrons. The number of β-amino-alcohol motifs (C(OH)–C–C–N with tert-alkyl or cyclic N) is 1. The van der Waals surface area contributed by atoms with Crippen LogP contribution in [0.2, 0.25) is 0 Å². The fourth-order valence-corrected chi connectivity index (χ4v) is 5.16. The SMILES string of the molecule is COCC(=O)NC(C(=O)N1CC(O)CC1C(=O)NC(C)c1ccc(-c2scnc2C)cc1)C(C)(C)C. The third-order valence-electron chi connectivity index (χ3n) is 6.34. The van der Waals surface area contributed by atoms with Crippen molar-refractivity contribution in [3.8, 4) is 10.4 Å². The summed E-state index contributed by atoms with van der Waals surface area (Å²) in [5, 5.41) is 16.0. The van der Waals surface area contributed by atoms with Crippen LogP contribution in [0.15, 0.2) is 29.8 Å². The van der Waals surface area contributed by atoms with Crippen LogP contribution in [0.4, 0.5) is 0 Å². The van der Waals surface area contributed by atoms with E-state index in [0.29, 0.717) is 0 Å². The number of aliphatic hydroxyl groups is 1. The minimum absolute atomic E-state index is 0.0287. The predicted molar refractivity (Wildman–Crippen MR) is 138 cm³/mol. The molecule has 1 aliphatic heterocycles. The minimum Gasteiger partial charge on any atom is -0.391 e. The monoisotopic (exact) mass is 516 g/mol. The molecule has 2 aromatic rings. The summed E-state index contributed by atoms with van der Waals surface area (Å²) in [5.41, 5.74) is 4.17. The van der Waals surface area contributed by atoms with E-state index < -0.39 is 35.4 Å². The first-order valence-corrected chi connectivity index (χ1v) is 12.9. The summed E-state index contributed by atoms with van der Waals surface area (Å²) < 4.78 is 4.88.